The summed E-state index contributed by atoms with van der Waals surface area (Å²) in [5.74, 6) is -0.573. The molecule has 1 aromatic carbocycles. The largest absolute Gasteiger partial charge is 1.00 e. The summed E-state index contributed by atoms with van der Waals surface area (Å²) in [5, 5.41) is 19.5. The maximum absolute atomic E-state index is 11.1. The van der Waals surface area contributed by atoms with Crippen molar-refractivity contribution in [3.05, 3.63) is 45.5 Å². The fraction of sp³-hybridized carbons (Fsp3) is 0.167. The summed E-state index contributed by atoms with van der Waals surface area (Å²) >= 11 is 0. The molecule has 1 rings (SSSR count). The standard InChI is InChI=1S/C12H10N2O4.Na.H/c1-2-18-12(15)6-5-10-4-3-9(8-13)7-11(10)14(16)17;;/h3-7H,2H2,1H3;;/q;+1;-1. The summed E-state index contributed by atoms with van der Waals surface area (Å²) in [6.45, 7) is 1.90. The predicted octanol–water partition coefficient (Wildman–Crippen LogP) is -0.841. The maximum Gasteiger partial charge on any atom is 1.00 e. The molecule has 1 aromatic rings. The van der Waals surface area contributed by atoms with Crippen LogP contribution in [0.15, 0.2) is 24.3 Å². The number of carbonyl (C=O) groups excluding carboxylic acids is 1. The van der Waals surface area contributed by atoms with Crippen molar-refractivity contribution in [2.24, 2.45) is 0 Å². The SMILES string of the molecule is CCOC(=O)C=Cc1ccc(C#N)cc1[N+](=O)[O-].[H-].[Na+]. The normalized spacial score (nSPS) is 9.47. The molecule has 94 valence electrons. The van der Waals surface area contributed by atoms with E-state index in [1.807, 2.05) is 6.07 Å². The number of hydrogen-bond donors (Lipinski definition) is 0. The second kappa shape index (κ2) is 8.43. The molecule has 0 heterocycles. The summed E-state index contributed by atoms with van der Waals surface area (Å²) in [5.41, 5.74) is 0.205. The minimum atomic E-state index is -0.605. The van der Waals surface area contributed by atoms with Crippen LogP contribution in [-0.2, 0) is 9.53 Å². The van der Waals surface area contributed by atoms with Crippen LogP contribution < -0.4 is 29.6 Å². The molecule has 0 aliphatic rings. The molecule has 0 unspecified atom stereocenters. The van der Waals surface area contributed by atoms with E-state index >= 15 is 0 Å². The Bertz CT molecular complexity index is 555. The van der Waals surface area contributed by atoms with Crippen LogP contribution in [0.2, 0.25) is 0 Å². The van der Waals surface area contributed by atoms with Gasteiger partial charge in [0, 0.05) is 12.1 Å². The summed E-state index contributed by atoms with van der Waals surface area (Å²) in [6, 6.07) is 5.82. The van der Waals surface area contributed by atoms with Crippen LogP contribution in [0.3, 0.4) is 0 Å². The van der Waals surface area contributed by atoms with Crippen molar-refractivity contribution < 1.29 is 45.4 Å². The number of esters is 1. The van der Waals surface area contributed by atoms with Crippen LogP contribution in [-0.4, -0.2) is 17.5 Å². The Kier molecular flexibility index (Phi) is 7.68. The van der Waals surface area contributed by atoms with E-state index < -0.39 is 10.9 Å². The molecule has 0 bridgehead atoms. The third-order valence-electron chi connectivity index (χ3n) is 2.04. The first-order valence-electron chi connectivity index (χ1n) is 5.12. The topological polar surface area (TPSA) is 93.2 Å². The van der Waals surface area contributed by atoms with Crippen molar-refractivity contribution >= 4 is 17.7 Å². The molecule has 0 fully saturated rings. The quantitative estimate of drug-likeness (QED) is 0.234. The van der Waals surface area contributed by atoms with Gasteiger partial charge >= 0.3 is 35.5 Å². The molecule has 0 aliphatic heterocycles. The Balaban J connectivity index is 0. The zero-order valence-corrected chi connectivity index (χ0v) is 12.6. The smallest absolute Gasteiger partial charge is 1.00 e. The predicted molar refractivity (Wildman–Crippen MR) is 64.6 cm³/mol. The van der Waals surface area contributed by atoms with Gasteiger partial charge in [-0.1, -0.05) is 0 Å². The van der Waals surface area contributed by atoms with Crippen molar-refractivity contribution in [2.45, 2.75) is 6.92 Å². The van der Waals surface area contributed by atoms with Crippen molar-refractivity contribution in [3.63, 3.8) is 0 Å². The maximum atomic E-state index is 11.1. The number of rotatable bonds is 4. The molecule has 0 spiro atoms. The van der Waals surface area contributed by atoms with Gasteiger partial charge in [0.1, 0.15) is 0 Å². The molecule has 7 heteroatoms. The first-order valence-corrected chi connectivity index (χ1v) is 5.12. The molecule has 0 atom stereocenters. The molecular formula is C12H11N2NaO4. The second-order valence-electron chi connectivity index (χ2n) is 3.23. The van der Waals surface area contributed by atoms with Gasteiger partial charge in [-0.2, -0.15) is 5.26 Å². The number of nitrogens with zero attached hydrogens (tertiary/aromatic N) is 2. The third kappa shape index (κ3) is 5.22. The van der Waals surface area contributed by atoms with Gasteiger partial charge < -0.3 is 6.16 Å². The van der Waals surface area contributed by atoms with Crippen LogP contribution in [0.5, 0.6) is 0 Å². The Morgan fingerprint density at radius 3 is 2.84 bits per heavy atom. The van der Waals surface area contributed by atoms with Crippen molar-refractivity contribution in [3.8, 4) is 6.07 Å². The molecular weight excluding hydrogens is 259 g/mol. The Morgan fingerprint density at radius 1 is 1.63 bits per heavy atom. The van der Waals surface area contributed by atoms with Gasteiger partial charge in [-0.3, -0.25) is 10.1 Å². The van der Waals surface area contributed by atoms with Gasteiger partial charge in [0.25, 0.3) is 5.69 Å². The minimum absolute atomic E-state index is 0. The summed E-state index contributed by atoms with van der Waals surface area (Å²) in [7, 11) is 0. The monoisotopic (exact) mass is 270 g/mol. The Morgan fingerprint density at radius 2 is 2.32 bits per heavy atom. The Labute approximate surface area is 133 Å². The van der Waals surface area contributed by atoms with E-state index in [2.05, 4.69) is 4.74 Å². The van der Waals surface area contributed by atoms with Crippen molar-refractivity contribution in [1.29, 1.82) is 5.26 Å². The summed E-state index contributed by atoms with van der Waals surface area (Å²) < 4.78 is 4.66. The van der Waals surface area contributed by atoms with E-state index in [1.165, 1.54) is 18.2 Å². The number of carbonyl (C=O) groups is 1. The van der Waals surface area contributed by atoms with E-state index in [-0.39, 0.29) is 54.4 Å². The second-order valence-corrected chi connectivity index (χ2v) is 3.23. The van der Waals surface area contributed by atoms with Crippen molar-refractivity contribution in [1.82, 2.24) is 0 Å². The number of ether oxygens (including phenoxy) is 1. The third-order valence-corrected chi connectivity index (χ3v) is 2.04. The molecule has 6 nitrogen and oxygen atoms in total. The number of nitriles is 1. The molecule has 0 amide bonds. The molecule has 0 saturated heterocycles. The van der Waals surface area contributed by atoms with E-state index in [0.29, 0.717) is 0 Å². The molecule has 19 heavy (non-hydrogen) atoms. The van der Waals surface area contributed by atoms with E-state index in [1.54, 1.807) is 6.92 Å². The zero-order chi connectivity index (χ0) is 13.5. The Hall–Kier alpha value is -1.68. The van der Waals surface area contributed by atoms with E-state index in [0.717, 1.165) is 12.1 Å². The summed E-state index contributed by atoms with van der Waals surface area (Å²) in [6.07, 6.45) is 2.40. The average molecular weight is 270 g/mol. The van der Waals surface area contributed by atoms with Gasteiger partial charge in [-0.05, 0) is 25.1 Å². The zero-order valence-electron chi connectivity index (χ0n) is 11.6. The van der Waals surface area contributed by atoms with Gasteiger partial charge in [0.2, 0.25) is 0 Å². The number of benzene rings is 1. The van der Waals surface area contributed by atoms with E-state index in [4.69, 9.17) is 5.26 Å². The van der Waals surface area contributed by atoms with Crippen LogP contribution in [0, 0.1) is 21.4 Å². The average Bonchev–Trinajstić information content (AvgIpc) is 2.36. The molecule has 0 radical (unpaired) electrons. The van der Waals surface area contributed by atoms with E-state index in [9.17, 15) is 14.9 Å². The number of nitro groups is 1. The minimum Gasteiger partial charge on any atom is -1.00 e. The van der Waals surface area contributed by atoms with Gasteiger partial charge in [0.05, 0.1) is 28.7 Å². The van der Waals surface area contributed by atoms with Crippen LogP contribution >= 0.6 is 0 Å². The number of nitro benzene ring substituents is 1. The first-order chi connectivity index (χ1) is 8.58. The fourth-order valence-electron chi connectivity index (χ4n) is 1.26. The van der Waals surface area contributed by atoms with Gasteiger partial charge in [-0.15, -0.1) is 0 Å². The summed E-state index contributed by atoms with van der Waals surface area (Å²) in [4.78, 5) is 21.3. The first kappa shape index (κ1) is 17.3. The van der Waals surface area contributed by atoms with Crippen LogP contribution in [0.4, 0.5) is 5.69 Å². The van der Waals surface area contributed by atoms with Crippen molar-refractivity contribution in [2.75, 3.05) is 6.61 Å². The van der Waals surface area contributed by atoms with Gasteiger partial charge in [-0.25, -0.2) is 4.79 Å². The fourth-order valence-corrected chi connectivity index (χ4v) is 1.26. The van der Waals surface area contributed by atoms with Crippen LogP contribution in [0.1, 0.15) is 19.5 Å². The van der Waals surface area contributed by atoms with Crippen LogP contribution in [0.25, 0.3) is 6.08 Å². The molecule has 0 aliphatic carbocycles. The molecule has 0 N–H and O–H groups in total. The molecule has 0 saturated carbocycles. The molecule has 0 aromatic heterocycles. The number of hydrogen-bond acceptors (Lipinski definition) is 5. The van der Waals surface area contributed by atoms with Gasteiger partial charge in [0.15, 0.2) is 0 Å².